The van der Waals surface area contributed by atoms with Crippen LogP contribution >= 0.6 is 0 Å². The summed E-state index contributed by atoms with van der Waals surface area (Å²) in [7, 11) is 0. The van der Waals surface area contributed by atoms with E-state index in [0.717, 1.165) is 12.8 Å². The van der Waals surface area contributed by atoms with E-state index in [1.165, 1.54) is 6.07 Å². The molecule has 0 aliphatic rings. The molecule has 15 heavy (non-hydrogen) atoms. The van der Waals surface area contributed by atoms with Crippen molar-refractivity contribution in [2.75, 3.05) is 5.32 Å². The van der Waals surface area contributed by atoms with E-state index in [1.54, 1.807) is 12.1 Å². The van der Waals surface area contributed by atoms with Gasteiger partial charge in [0.05, 0.1) is 17.3 Å². The number of halogens is 1. The van der Waals surface area contributed by atoms with Crippen molar-refractivity contribution in [1.29, 1.82) is 5.26 Å². The molecule has 0 spiro atoms. The Morgan fingerprint density at radius 3 is 2.80 bits per heavy atom. The van der Waals surface area contributed by atoms with Gasteiger partial charge in [-0.05, 0) is 31.5 Å². The van der Waals surface area contributed by atoms with Crippen LogP contribution < -0.4 is 5.32 Å². The lowest BCUT2D eigenvalue weighted by molar-refractivity contribution is 0.620. The molecule has 0 heterocycles. The summed E-state index contributed by atoms with van der Waals surface area (Å²) in [6.07, 6.45) is 2.06. The van der Waals surface area contributed by atoms with Crippen LogP contribution in [-0.2, 0) is 0 Å². The summed E-state index contributed by atoms with van der Waals surface area (Å²) in [6.45, 7) is 4.11. The minimum Gasteiger partial charge on any atom is -0.380 e. The van der Waals surface area contributed by atoms with Crippen LogP contribution in [0.15, 0.2) is 18.2 Å². The molecule has 0 saturated heterocycles. The van der Waals surface area contributed by atoms with Crippen molar-refractivity contribution in [3.05, 3.63) is 29.6 Å². The molecule has 0 fully saturated rings. The van der Waals surface area contributed by atoms with Crippen LogP contribution in [0.4, 0.5) is 10.1 Å². The molecule has 1 rings (SSSR count). The molecular weight excluding hydrogens is 191 g/mol. The molecule has 0 bridgehead atoms. The molecule has 0 aromatic heterocycles. The highest BCUT2D eigenvalue weighted by Crippen LogP contribution is 2.17. The predicted octanol–water partition coefficient (Wildman–Crippen LogP) is 3.30. The van der Waals surface area contributed by atoms with Crippen LogP contribution in [0, 0.1) is 17.1 Å². The minimum absolute atomic E-state index is 0.248. The maximum Gasteiger partial charge on any atom is 0.147 e. The first-order chi connectivity index (χ1) is 7.17. The summed E-state index contributed by atoms with van der Waals surface area (Å²) in [4.78, 5) is 0. The second-order valence-corrected chi connectivity index (χ2v) is 3.64. The first-order valence-electron chi connectivity index (χ1n) is 5.13. The van der Waals surface area contributed by atoms with E-state index in [-0.39, 0.29) is 11.9 Å². The Morgan fingerprint density at radius 2 is 2.27 bits per heavy atom. The quantitative estimate of drug-likeness (QED) is 0.820. The Hall–Kier alpha value is -1.56. The Kier molecular flexibility index (Phi) is 4.11. The predicted molar refractivity (Wildman–Crippen MR) is 59.1 cm³/mol. The summed E-state index contributed by atoms with van der Waals surface area (Å²) in [6, 6.07) is 6.63. The SMILES string of the molecule is CCCC(C)Nc1ccc(C#N)cc1F. The van der Waals surface area contributed by atoms with Gasteiger partial charge in [-0.3, -0.25) is 0 Å². The molecule has 1 aromatic rings. The van der Waals surface area contributed by atoms with Gasteiger partial charge in [-0.15, -0.1) is 0 Å². The Bertz CT molecular complexity index is 368. The van der Waals surface area contributed by atoms with E-state index in [0.29, 0.717) is 11.3 Å². The topological polar surface area (TPSA) is 35.8 Å². The zero-order valence-electron chi connectivity index (χ0n) is 9.05. The standard InChI is InChI=1S/C12H15FN2/c1-3-4-9(2)15-12-6-5-10(8-14)7-11(12)13/h5-7,9,15H,3-4H2,1-2H3. The second kappa shape index (κ2) is 5.35. The van der Waals surface area contributed by atoms with Gasteiger partial charge in [0, 0.05) is 6.04 Å². The fourth-order valence-electron chi connectivity index (χ4n) is 1.47. The molecule has 80 valence electrons. The average molecular weight is 206 g/mol. The minimum atomic E-state index is -0.364. The van der Waals surface area contributed by atoms with Crippen LogP contribution in [0.3, 0.4) is 0 Å². The molecule has 1 unspecified atom stereocenters. The lowest BCUT2D eigenvalue weighted by atomic mass is 10.1. The third kappa shape index (κ3) is 3.25. The molecule has 0 aliphatic heterocycles. The smallest absolute Gasteiger partial charge is 0.147 e. The van der Waals surface area contributed by atoms with Gasteiger partial charge in [-0.2, -0.15) is 5.26 Å². The number of rotatable bonds is 4. The second-order valence-electron chi connectivity index (χ2n) is 3.64. The van der Waals surface area contributed by atoms with Gasteiger partial charge in [-0.1, -0.05) is 13.3 Å². The van der Waals surface area contributed by atoms with Crippen LogP contribution in [-0.4, -0.2) is 6.04 Å². The molecule has 0 saturated carbocycles. The Morgan fingerprint density at radius 1 is 1.53 bits per heavy atom. The summed E-state index contributed by atoms with van der Waals surface area (Å²) in [5.41, 5.74) is 0.816. The number of anilines is 1. The summed E-state index contributed by atoms with van der Waals surface area (Å²) >= 11 is 0. The lowest BCUT2D eigenvalue weighted by Gasteiger charge is -2.14. The Labute approximate surface area is 89.7 Å². The van der Waals surface area contributed by atoms with E-state index >= 15 is 0 Å². The van der Waals surface area contributed by atoms with Crippen molar-refractivity contribution in [3.8, 4) is 6.07 Å². The molecule has 1 N–H and O–H groups in total. The van der Waals surface area contributed by atoms with Gasteiger partial charge in [0.1, 0.15) is 5.82 Å². The van der Waals surface area contributed by atoms with Gasteiger partial charge in [0.2, 0.25) is 0 Å². The first-order valence-corrected chi connectivity index (χ1v) is 5.13. The molecule has 0 amide bonds. The molecule has 1 atom stereocenters. The summed E-state index contributed by atoms with van der Waals surface area (Å²) in [5.74, 6) is -0.364. The summed E-state index contributed by atoms with van der Waals surface area (Å²) < 4.78 is 13.4. The van der Waals surface area contributed by atoms with Gasteiger partial charge in [0.25, 0.3) is 0 Å². The van der Waals surface area contributed by atoms with Crippen molar-refractivity contribution in [1.82, 2.24) is 0 Å². The molecule has 2 nitrogen and oxygen atoms in total. The normalized spacial score (nSPS) is 11.9. The fraction of sp³-hybridized carbons (Fsp3) is 0.417. The number of benzene rings is 1. The van der Waals surface area contributed by atoms with Crippen molar-refractivity contribution in [2.24, 2.45) is 0 Å². The van der Waals surface area contributed by atoms with Crippen LogP contribution in [0.5, 0.6) is 0 Å². The van der Waals surface area contributed by atoms with Gasteiger partial charge in [-0.25, -0.2) is 4.39 Å². The molecule has 1 aromatic carbocycles. The number of nitrogens with zero attached hydrogens (tertiary/aromatic N) is 1. The zero-order valence-corrected chi connectivity index (χ0v) is 9.05. The van der Waals surface area contributed by atoms with Crippen LogP contribution in [0.1, 0.15) is 32.3 Å². The van der Waals surface area contributed by atoms with Crippen molar-refractivity contribution >= 4 is 5.69 Å². The highest BCUT2D eigenvalue weighted by atomic mass is 19.1. The number of hydrogen-bond acceptors (Lipinski definition) is 2. The maximum atomic E-state index is 13.4. The molecule has 0 radical (unpaired) electrons. The Balaban J connectivity index is 2.74. The van der Waals surface area contributed by atoms with Gasteiger partial charge in [0.15, 0.2) is 0 Å². The van der Waals surface area contributed by atoms with Gasteiger partial charge >= 0.3 is 0 Å². The third-order valence-corrected chi connectivity index (χ3v) is 2.22. The lowest BCUT2D eigenvalue weighted by Crippen LogP contribution is -2.15. The van der Waals surface area contributed by atoms with Gasteiger partial charge < -0.3 is 5.32 Å². The van der Waals surface area contributed by atoms with Crippen molar-refractivity contribution < 1.29 is 4.39 Å². The van der Waals surface area contributed by atoms with E-state index in [4.69, 9.17) is 5.26 Å². The number of hydrogen-bond donors (Lipinski definition) is 1. The largest absolute Gasteiger partial charge is 0.380 e. The maximum absolute atomic E-state index is 13.4. The van der Waals surface area contributed by atoms with Crippen LogP contribution in [0.2, 0.25) is 0 Å². The highest BCUT2D eigenvalue weighted by molar-refractivity contribution is 5.49. The van der Waals surface area contributed by atoms with E-state index < -0.39 is 0 Å². The monoisotopic (exact) mass is 206 g/mol. The zero-order chi connectivity index (χ0) is 11.3. The first kappa shape index (κ1) is 11.5. The average Bonchev–Trinajstić information content (AvgIpc) is 2.21. The molecule has 3 heteroatoms. The molecule has 0 aliphatic carbocycles. The number of nitriles is 1. The van der Waals surface area contributed by atoms with E-state index in [9.17, 15) is 4.39 Å². The van der Waals surface area contributed by atoms with Crippen molar-refractivity contribution in [3.63, 3.8) is 0 Å². The number of nitrogens with one attached hydrogen (secondary N) is 1. The fourth-order valence-corrected chi connectivity index (χ4v) is 1.47. The third-order valence-electron chi connectivity index (χ3n) is 2.22. The van der Waals surface area contributed by atoms with E-state index in [2.05, 4.69) is 12.2 Å². The highest BCUT2D eigenvalue weighted by Gasteiger charge is 2.06. The molecular formula is C12H15FN2. The summed E-state index contributed by atoms with van der Waals surface area (Å²) in [5, 5.41) is 11.7. The van der Waals surface area contributed by atoms with E-state index in [1.807, 2.05) is 13.0 Å². The van der Waals surface area contributed by atoms with Crippen LogP contribution in [0.25, 0.3) is 0 Å². The van der Waals surface area contributed by atoms with Crippen molar-refractivity contribution in [2.45, 2.75) is 32.7 Å².